The monoisotopic (exact) mass is 433 g/mol. The number of carbonyl (C=O) groups excluding carboxylic acids is 1. The van der Waals surface area contributed by atoms with Gasteiger partial charge in [0.2, 0.25) is 5.91 Å². The van der Waals surface area contributed by atoms with E-state index in [0.29, 0.717) is 5.75 Å². The molecule has 0 bridgehead atoms. The molecule has 25 heavy (non-hydrogen) atoms. The Morgan fingerprint density at radius 3 is 2.68 bits per heavy atom. The van der Waals surface area contributed by atoms with Gasteiger partial charge < -0.3 is 19.9 Å². The number of hydrogen-bond acceptors (Lipinski definition) is 4. The van der Waals surface area contributed by atoms with Crippen molar-refractivity contribution in [1.82, 2.24) is 15.2 Å². The van der Waals surface area contributed by atoms with Gasteiger partial charge in [-0.25, -0.2) is 0 Å². The summed E-state index contributed by atoms with van der Waals surface area (Å²) in [5, 5.41) is 6.38. The number of ether oxygens (including phenoxy) is 1. The molecule has 0 unspecified atom stereocenters. The Kier molecular flexibility index (Phi) is 7.34. The van der Waals surface area contributed by atoms with Gasteiger partial charge >= 0.3 is 0 Å². The normalized spacial score (nSPS) is 25.9. The van der Waals surface area contributed by atoms with Gasteiger partial charge in [-0.1, -0.05) is 0 Å². The summed E-state index contributed by atoms with van der Waals surface area (Å²) in [5.41, 5.74) is -0.0850. The second-order valence-corrected chi connectivity index (χ2v) is 7.54. The lowest BCUT2D eigenvalue weighted by atomic mass is 9.92. The molecule has 1 amide bonds. The summed E-state index contributed by atoms with van der Waals surface area (Å²) in [5.74, 6) is 0.729. The number of aromatic nitrogens is 1. The fourth-order valence-corrected chi connectivity index (χ4v) is 3.90. The summed E-state index contributed by atoms with van der Waals surface area (Å²) in [6, 6.07) is 1.73. The van der Waals surface area contributed by atoms with Crippen LogP contribution in [-0.2, 0) is 11.8 Å². The van der Waals surface area contributed by atoms with Crippen LogP contribution in [0.3, 0.4) is 0 Å². The fourth-order valence-electron chi connectivity index (χ4n) is 3.39. The van der Waals surface area contributed by atoms with E-state index in [4.69, 9.17) is 4.74 Å². The number of carbonyl (C=O) groups is 1. The number of nitrogens with one attached hydrogen (secondary N) is 2. The molecule has 0 spiro atoms. The van der Waals surface area contributed by atoms with Gasteiger partial charge in [0, 0.05) is 25.4 Å². The fraction of sp³-hybridized carbons (Fsp3) is 0.647. The van der Waals surface area contributed by atoms with Crippen LogP contribution in [-0.4, -0.2) is 35.2 Å². The van der Waals surface area contributed by atoms with E-state index in [-0.39, 0.29) is 42.1 Å². The van der Waals surface area contributed by atoms with E-state index in [0.717, 1.165) is 49.5 Å². The van der Waals surface area contributed by atoms with Gasteiger partial charge in [0.05, 0.1) is 16.6 Å². The minimum absolute atomic E-state index is 0. The van der Waals surface area contributed by atoms with Crippen molar-refractivity contribution in [3.63, 3.8) is 0 Å². The number of pyridine rings is 1. The lowest BCUT2D eigenvalue weighted by Gasteiger charge is -2.30. The zero-order valence-corrected chi connectivity index (χ0v) is 16.7. The second kappa shape index (κ2) is 9.05. The van der Waals surface area contributed by atoms with Crippen LogP contribution < -0.4 is 20.9 Å². The van der Waals surface area contributed by atoms with Gasteiger partial charge in [0.25, 0.3) is 5.56 Å². The summed E-state index contributed by atoms with van der Waals surface area (Å²) in [6.07, 6.45) is 7.39. The predicted octanol–water partition coefficient (Wildman–Crippen LogP) is 2.13. The highest BCUT2D eigenvalue weighted by Crippen LogP contribution is 2.28. The quantitative estimate of drug-likeness (QED) is 0.761. The Hall–Kier alpha value is -1.05. The summed E-state index contributed by atoms with van der Waals surface area (Å²) in [7, 11) is 1.71. The molecule has 1 aliphatic carbocycles. The first-order chi connectivity index (χ1) is 11.5. The van der Waals surface area contributed by atoms with Crippen LogP contribution >= 0.6 is 28.3 Å². The summed E-state index contributed by atoms with van der Waals surface area (Å²) >= 11 is 3.44. The molecule has 2 fully saturated rings. The average molecular weight is 435 g/mol. The van der Waals surface area contributed by atoms with Crippen LogP contribution in [0.15, 0.2) is 21.5 Å². The Morgan fingerprint density at radius 1 is 1.32 bits per heavy atom. The number of nitrogens with zero attached hydrogens (tertiary/aromatic N) is 1. The minimum Gasteiger partial charge on any atom is -0.489 e. The summed E-state index contributed by atoms with van der Waals surface area (Å²) in [6.45, 7) is 0.935. The van der Waals surface area contributed by atoms with Crippen molar-refractivity contribution >= 4 is 34.2 Å². The molecule has 1 aromatic rings. The Labute approximate surface area is 162 Å². The third kappa shape index (κ3) is 5.21. The predicted molar refractivity (Wildman–Crippen MR) is 102 cm³/mol. The Bertz CT molecular complexity index is 653. The molecule has 1 saturated carbocycles. The highest BCUT2D eigenvalue weighted by Gasteiger charge is 2.28. The topological polar surface area (TPSA) is 72.4 Å². The zero-order chi connectivity index (χ0) is 17.1. The maximum Gasteiger partial charge on any atom is 0.254 e. The molecule has 1 saturated heterocycles. The van der Waals surface area contributed by atoms with E-state index < -0.39 is 0 Å². The first kappa shape index (κ1) is 20.3. The molecule has 2 heterocycles. The molecule has 3 rings (SSSR count). The smallest absolute Gasteiger partial charge is 0.254 e. The van der Waals surface area contributed by atoms with Crippen LogP contribution in [0.2, 0.25) is 0 Å². The van der Waals surface area contributed by atoms with E-state index in [2.05, 4.69) is 26.6 Å². The van der Waals surface area contributed by atoms with Crippen LogP contribution in [0, 0.1) is 0 Å². The molecule has 2 N–H and O–H groups in total. The highest BCUT2D eigenvalue weighted by atomic mass is 79.9. The van der Waals surface area contributed by atoms with Gasteiger partial charge in [-0.2, -0.15) is 0 Å². The van der Waals surface area contributed by atoms with Crippen molar-refractivity contribution in [2.24, 2.45) is 7.05 Å². The van der Waals surface area contributed by atoms with Crippen molar-refractivity contribution < 1.29 is 9.53 Å². The molecule has 2 aliphatic rings. The van der Waals surface area contributed by atoms with E-state index in [1.807, 2.05) is 0 Å². The second-order valence-electron chi connectivity index (χ2n) is 6.68. The van der Waals surface area contributed by atoms with E-state index in [9.17, 15) is 9.59 Å². The molecular formula is C17H25BrClN3O3. The third-order valence-corrected chi connectivity index (χ3v) is 5.43. The van der Waals surface area contributed by atoms with Crippen molar-refractivity contribution in [1.29, 1.82) is 0 Å². The molecular weight excluding hydrogens is 410 g/mol. The molecule has 6 nitrogen and oxygen atoms in total. The summed E-state index contributed by atoms with van der Waals surface area (Å²) in [4.78, 5) is 23.9. The lowest BCUT2D eigenvalue weighted by molar-refractivity contribution is -0.123. The van der Waals surface area contributed by atoms with Gasteiger partial charge in [-0.3, -0.25) is 9.59 Å². The Balaban J connectivity index is 0.00000225. The van der Waals surface area contributed by atoms with Crippen LogP contribution in [0.5, 0.6) is 5.75 Å². The van der Waals surface area contributed by atoms with Crippen LogP contribution in [0.25, 0.3) is 0 Å². The molecule has 140 valence electrons. The molecule has 0 radical (unpaired) electrons. The number of hydrogen-bond donors (Lipinski definition) is 2. The van der Waals surface area contributed by atoms with Crippen LogP contribution in [0.1, 0.15) is 38.5 Å². The molecule has 0 aromatic carbocycles. The third-order valence-electron chi connectivity index (χ3n) is 4.84. The number of aryl methyl sites for hydroxylation is 1. The highest BCUT2D eigenvalue weighted by molar-refractivity contribution is 9.10. The Morgan fingerprint density at radius 2 is 2.04 bits per heavy atom. The largest absolute Gasteiger partial charge is 0.489 e. The van der Waals surface area contributed by atoms with Crippen molar-refractivity contribution in [3.05, 3.63) is 27.1 Å². The maximum absolute atomic E-state index is 12.2. The van der Waals surface area contributed by atoms with Gasteiger partial charge in [-0.05, 0) is 61.0 Å². The molecule has 8 heteroatoms. The van der Waals surface area contributed by atoms with Gasteiger partial charge in [-0.15, -0.1) is 12.4 Å². The standard InChI is InChI=1S/C17H24BrN3O3.ClH/c1-21-10-13(18)15(9-16(21)22)24-12-6-4-11(5-7-12)20-17(23)14-3-2-8-19-14;/h9-12,14,19H,2-8H2,1H3,(H,20,23);1H/t11?,12?,14-;/m1./s1. The molecule has 1 aromatic heterocycles. The first-order valence-electron chi connectivity index (χ1n) is 8.59. The van der Waals surface area contributed by atoms with Crippen molar-refractivity contribution in [2.75, 3.05) is 6.54 Å². The number of rotatable bonds is 4. The van der Waals surface area contributed by atoms with Gasteiger partial charge in [0.1, 0.15) is 5.75 Å². The van der Waals surface area contributed by atoms with E-state index in [1.165, 1.54) is 10.6 Å². The molecule has 1 aliphatic heterocycles. The van der Waals surface area contributed by atoms with Crippen LogP contribution in [0.4, 0.5) is 0 Å². The van der Waals surface area contributed by atoms with E-state index >= 15 is 0 Å². The minimum atomic E-state index is -0.0850. The maximum atomic E-state index is 12.2. The summed E-state index contributed by atoms with van der Waals surface area (Å²) < 4.78 is 8.29. The SMILES string of the molecule is Cl.Cn1cc(Br)c(OC2CCC(NC(=O)[C@H]3CCCN3)CC2)cc1=O. The lowest BCUT2D eigenvalue weighted by Crippen LogP contribution is -2.47. The number of amides is 1. The molecule has 1 atom stereocenters. The zero-order valence-electron chi connectivity index (χ0n) is 14.3. The van der Waals surface area contributed by atoms with Crippen molar-refractivity contribution in [3.8, 4) is 5.75 Å². The van der Waals surface area contributed by atoms with Gasteiger partial charge in [0.15, 0.2) is 0 Å². The first-order valence-corrected chi connectivity index (χ1v) is 9.39. The number of halogens is 2. The van der Waals surface area contributed by atoms with E-state index in [1.54, 1.807) is 13.2 Å². The van der Waals surface area contributed by atoms with Crippen molar-refractivity contribution in [2.45, 2.75) is 56.7 Å². The average Bonchev–Trinajstić information content (AvgIpc) is 3.09.